The van der Waals surface area contributed by atoms with E-state index in [0.29, 0.717) is 5.69 Å². The zero-order valence-corrected chi connectivity index (χ0v) is 12.0. The Kier molecular flexibility index (Phi) is 3.61. The Morgan fingerprint density at radius 3 is 2.63 bits per heavy atom. The normalized spacial score (nSPS) is 11.8. The van der Waals surface area contributed by atoms with Gasteiger partial charge in [-0.15, -0.1) is 0 Å². The fraction of sp³-hybridized carbons (Fsp3) is 0.308. The summed E-state index contributed by atoms with van der Waals surface area (Å²) in [5.41, 5.74) is 2.53. The second-order valence-corrected chi connectivity index (χ2v) is 6.42. The molecule has 6 heteroatoms. The molecule has 2 aromatic rings. The predicted molar refractivity (Wildman–Crippen MR) is 74.7 cm³/mol. The van der Waals surface area contributed by atoms with Crippen LogP contribution in [0.5, 0.6) is 0 Å². The maximum atomic E-state index is 12.2. The summed E-state index contributed by atoms with van der Waals surface area (Å²) < 4.78 is 27.1. The second-order valence-electron chi connectivity index (χ2n) is 4.73. The molecule has 0 bridgehead atoms. The van der Waals surface area contributed by atoms with Crippen LogP contribution in [-0.2, 0) is 10.0 Å². The van der Waals surface area contributed by atoms with Crippen LogP contribution < -0.4 is 4.72 Å². The van der Waals surface area contributed by atoms with Crippen LogP contribution in [0, 0.1) is 6.92 Å². The molecule has 0 atom stereocenters. The third-order valence-electron chi connectivity index (χ3n) is 2.95. The molecule has 1 heterocycles. The number of hydrogen-bond donors (Lipinski definition) is 2. The first-order chi connectivity index (χ1) is 8.92. The van der Waals surface area contributed by atoms with Gasteiger partial charge in [-0.25, -0.2) is 8.42 Å². The number of aromatic amines is 1. The molecule has 0 aliphatic heterocycles. The van der Waals surface area contributed by atoms with Crippen LogP contribution in [0.4, 0.5) is 5.69 Å². The fourth-order valence-corrected chi connectivity index (χ4v) is 2.96. The van der Waals surface area contributed by atoms with Crippen molar-refractivity contribution in [3.05, 3.63) is 41.7 Å². The number of benzene rings is 1. The van der Waals surface area contributed by atoms with Crippen molar-refractivity contribution in [2.24, 2.45) is 0 Å². The second kappa shape index (κ2) is 5.05. The van der Waals surface area contributed by atoms with Gasteiger partial charge in [0.2, 0.25) is 0 Å². The summed E-state index contributed by atoms with van der Waals surface area (Å²) in [5, 5.41) is 6.17. The molecule has 0 fully saturated rings. The zero-order chi connectivity index (χ0) is 14.0. The summed E-state index contributed by atoms with van der Waals surface area (Å²) >= 11 is 0. The lowest BCUT2D eigenvalue weighted by atomic mass is 9.99. The average molecular weight is 279 g/mol. The smallest absolute Gasteiger partial charge is 0.265 e. The number of anilines is 1. The number of aryl methyl sites for hydroxylation is 1. The van der Waals surface area contributed by atoms with E-state index in [1.165, 1.54) is 12.4 Å². The Balaban J connectivity index is 2.45. The minimum Gasteiger partial charge on any atom is -0.284 e. The van der Waals surface area contributed by atoms with Gasteiger partial charge in [0.15, 0.2) is 0 Å². The van der Waals surface area contributed by atoms with Crippen molar-refractivity contribution in [2.75, 3.05) is 4.72 Å². The summed E-state index contributed by atoms with van der Waals surface area (Å²) in [6.45, 7) is 5.95. The highest BCUT2D eigenvalue weighted by Gasteiger charge is 2.19. The van der Waals surface area contributed by atoms with E-state index in [9.17, 15) is 8.42 Å². The minimum absolute atomic E-state index is 0.130. The van der Waals surface area contributed by atoms with E-state index in [1.807, 2.05) is 39.0 Å². The lowest BCUT2D eigenvalue weighted by Crippen LogP contribution is -2.15. The van der Waals surface area contributed by atoms with Crippen LogP contribution in [0.25, 0.3) is 0 Å². The van der Waals surface area contributed by atoms with E-state index < -0.39 is 10.0 Å². The van der Waals surface area contributed by atoms with Gasteiger partial charge in [-0.05, 0) is 24.0 Å². The van der Waals surface area contributed by atoms with Gasteiger partial charge in [-0.2, -0.15) is 5.10 Å². The van der Waals surface area contributed by atoms with Crippen LogP contribution >= 0.6 is 0 Å². The molecule has 0 aliphatic carbocycles. The molecule has 0 saturated carbocycles. The minimum atomic E-state index is -3.59. The van der Waals surface area contributed by atoms with Gasteiger partial charge in [-0.3, -0.25) is 9.82 Å². The van der Waals surface area contributed by atoms with Crippen molar-refractivity contribution in [1.82, 2.24) is 10.2 Å². The van der Waals surface area contributed by atoms with E-state index in [0.717, 1.165) is 11.1 Å². The number of hydrogen-bond acceptors (Lipinski definition) is 3. The van der Waals surface area contributed by atoms with Gasteiger partial charge >= 0.3 is 0 Å². The van der Waals surface area contributed by atoms with E-state index in [2.05, 4.69) is 14.9 Å². The largest absolute Gasteiger partial charge is 0.284 e. The summed E-state index contributed by atoms with van der Waals surface area (Å²) in [6.07, 6.45) is 2.64. The standard InChI is InChI=1S/C13H17N3O2S/c1-9(2)12-6-4-5-10(3)13(12)16-19(17,18)11-7-14-15-8-11/h4-9,16H,1-3H3,(H,14,15). The fourth-order valence-electron chi connectivity index (χ4n) is 1.89. The van der Waals surface area contributed by atoms with Crippen LogP contribution in [-0.4, -0.2) is 18.6 Å². The van der Waals surface area contributed by atoms with E-state index in [1.54, 1.807) is 0 Å². The first-order valence-corrected chi connectivity index (χ1v) is 7.51. The Labute approximate surface area is 113 Å². The molecule has 1 aromatic carbocycles. The number of aromatic nitrogens is 2. The van der Waals surface area contributed by atoms with Crippen LogP contribution in [0.15, 0.2) is 35.5 Å². The van der Waals surface area contributed by atoms with Gasteiger partial charge in [0.05, 0.1) is 11.9 Å². The molecule has 0 radical (unpaired) electrons. The van der Waals surface area contributed by atoms with Crippen molar-refractivity contribution in [1.29, 1.82) is 0 Å². The van der Waals surface area contributed by atoms with E-state index in [-0.39, 0.29) is 10.8 Å². The van der Waals surface area contributed by atoms with Crippen molar-refractivity contribution in [2.45, 2.75) is 31.6 Å². The number of para-hydroxylation sites is 1. The molecule has 2 rings (SSSR count). The summed E-state index contributed by atoms with van der Waals surface area (Å²) in [5.74, 6) is 0.238. The number of rotatable bonds is 4. The molecule has 19 heavy (non-hydrogen) atoms. The molecular weight excluding hydrogens is 262 g/mol. The number of sulfonamides is 1. The lowest BCUT2D eigenvalue weighted by Gasteiger charge is -2.16. The number of H-pyrrole nitrogens is 1. The van der Waals surface area contributed by atoms with Crippen molar-refractivity contribution in [3.8, 4) is 0 Å². The van der Waals surface area contributed by atoms with Gasteiger partial charge in [0.1, 0.15) is 4.90 Å². The molecular formula is C13H17N3O2S. The molecule has 5 nitrogen and oxygen atoms in total. The molecule has 0 aliphatic rings. The van der Waals surface area contributed by atoms with Crippen LogP contribution in [0.3, 0.4) is 0 Å². The molecule has 0 amide bonds. The highest BCUT2D eigenvalue weighted by Crippen LogP contribution is 2.29. The Morgan fingerprint density at radius 1 is 1.32 bits per heavy atom. The maximum absolute atomic E-state index is 12.2. The summed E-state index contributed by atoms with van der Waals surface area (Å²) in [7, 11) is -3.59. The van der Waals surface area contributed by atoms with Crippen LogP contribution in [0.1, 0.15) is 30.9 Å². The van der Waals surface area contributed by atoms with Crippen molar-refractivity contribution >= 4 is 15.7 Å². The molecule has 0 unspecified atom stereocenters. The van der Waals surface area contributed by atoms with E-state index >= 15 is 0 Å². The quantitative estimate of drug-likeness (QED) is 0.903. The Hall–Kier alpha value is -1.82. The molecule has 0 spiro atoms. The van der Waals surface area contributed by atoms with E-state index in [4.69, 9.17) is 0 Å². The zero-order valence-electron chi connectivity index (χ0n) is 11.1. The van der Waals surface area contributed by atoms with Gasteiger partial charge in [0, 0.05) is 6.20 Å². The predicted octanol–water partition coefficient (Wildman–Crippen LogP) is 2.64. The summed E-state index contributed by atoms with van der Waals surface area (Å²) in [4.78, 5) is 0.130. The molecule has 1 aromatic heterocycles. The molecule has 2 N–H and O–H groups in total. The summed E-state index contributed by atoms with van der Waals surface area (Å²) in [6, 6.07) is 5.75. The van der Waals surface area contributed by atoms with Gasteiger partial charge in [-0.1, -0.05) is 32.0 Å². The number of nitrogens with zero attached hydrogens (tertiary/aromatic N) is 1. The monoisotopic (exact) mass is 279 g/mol. The molecule has 0 saturated heterocycles. The first-order valence-electron chi connectivity index (χ1n) is 6.03. The van der Waals surface area contributed by atoms with Gasteiger partial charge < -0.3 is 0 Å². The third-order valence-corrected chi connectivity index (χ3v) is 4.26. The SMILES string of the molecule is Cc1cccc(C(C)C)c1NS(=O)(=O)c1cn[nH]c1. The Bertz CT molecular complexity index is 661. The topological polar surface area (TPSA) is 74.8 Å². The highest BCUT2D eigenvalue weighted by atomic mass is 32.2. The average Bonchev–Trinajstić information content (AvgIpc) is 2.85. The maximum Gasteiger partial charge on any atom is 0.265 e. The highest BCUT2D eigenvalue weighted by molar-refractivity contribution is 7.92. The van der Waals surface area contributed by atoms with Gasteiger partial charge in [0.25, 0.3) is 10.0 Å². The number of nitrogens with one attached hydrogen (secondary N) is 2. The van der Waals surface area contributed by atoms with Crippen LogP contribution in [0.2, 0.25) is 0 Å². The van der Waals surface area contributed by atoms with Crippen molar-refractivity contribution in [3.63, 3.8) is 0 Å². The molecule has 102 valence electrons. The third kappa shape index (κ3) is 2.78. The Morgan fingerprint density at radius 2 is 2.05 bits per heavy atom. The first kappa shape index (κ1) is 13.6. The van der Waals surface area contributed by atoms with Crippen molar-refractivity contribution < 1.29 is 8.42 Å². The lowest BCUT2D eigenvalue weighted by molar-refractivity contribution is 0.601.